The van der Waals surface area contributed by atoms with Gasteiger partial charge in [-0.3, -0.25) is 4.79 Å². The van der Waals surface area contributed by atoms with Crippen LogP contribution in [0.15, 0.2) is 53.5 Å². The minimum absolute atomic E-state index is 0.0532. The first-order valence-corrected chi connectivity index (χ1v) is 9.26. The van der Waals surface area contributed by atoms with Gasteiger partial charge in [-0.05, 0) is 43.0 Å². The minimum atomic E-state index is -0.129. The topological polar surface area (TPSA) is 75.9 Å². The number of rotatable bonds is 4. The van der Waals surface area contributed by atoms with E-state index < -0.39 is 0 Å². The summed E-state index contributed by atoms with van der Waals surface area (Å²) >= 11 is 0. The monoisotopic (exact) mass is 365 g/mol. The number of carbonyl (C=O) groups is 1. The fourth-order valence-corrected chi connectivity index (χ4v) is 3.72. The van der Waals surface area contributed by atoms with Crippen molar-refractivity contribution in [2.45, 2.75) is 19.3 Å². The minimum Gasteiger partial charge on any atom is -0.357 e. The van der Waals surface area contributed by atoms with Gasteiger partial charge < -0.3 is 9.88 Å². The van der Waals surface area contributed by atoms with Crippen LogP contribution in [-0.4, -0.2) is 43.2 Å². The first-order chi connectivity index (χ1) is 13.1. The zero-order valence-corrected chi connectivity index (χ0v) is 15.3. The zero-order valence-electron chi connectivity index (χ0n) is 15.3. The van der Waals surface area contributed by atoms with Gasteiger partial charge in [-0.25, -0.2) is 14.0 Å². The molecule has 0 spiro atoms. The second-order valence-electron chi connectivity index (χ2n) is 7.02. The van der Waals surface area contributed by atoms with Crippen LogP contribution in [0.3, 0.4) is 0 Å². The Morgan fingerprint density at radius 3 is 2.56 bits per heavy atom. The molecule has 0 bridgehead atoms. The van der Waals surface area contributed by atoms with Gasteiger partial charge in [0.05, 0.1) is 5.69 Å². The number of H-pyrrole nitrogens is 1. The van der Waals surface area contributed by atoms with E-state index in [0.29, 0.717) is 11.6 Å². The number of piperidine rings is 1. The van der Waals surface area contributed by atoms with Crippen LogP contribution < -0.4 is 5.69 Å². The summed E-state index contributed by atoms with van der Waals surface area (Å²) in [6.07, 6.45) is 4.32. The van der Waals surface area contributed by atoms with E-state index in [2.05, 4.69) is 10.1 Å². The van der Waals surface area contributed by atoms with Crippen molar-refractivity contribution in [3.8, 4) is 5.69 Å². The summed E-state index contributed by atoms with van der Waals surface area (Å²) in [6, 6.07) is 13.3. The maximum absolute atomic E-state index is 12.5. The molecule has 1 saturated heterocycles. The Bertz CT molecular complexity index is 964. The van der Waals surface area contributed by atoms with E-state index in [0.717, 1.165) is 43.9 Å². The van der Waals surface area contributed by atoms with Crippen LogP contribution in [0.1, 0.15) is 29.2 Å². The number of amides is 1. The molecule has 0 aliphatic carbocycles. The van der Waals surface area contributed by atoms with E-state index in [1.807, 2.05) is 41.3 Å². The quantitative estimate of drug-likeness (QED) is 0.768. The largest absolute Gasteiger partial charge is 0.357 e. The molecule has 7 heteroatoms. The van der Waals surface area contributed by atoms with Gasteiger partial charge in [-0.1, -0.05) is 18.2 Å². The lowest BCUT2D eigenvalue weighted by Gasteiger charge is -2.31. The molecule has 3 aromatic rings. The van der Waals surface area contributed by atoms with E-state index in [-0.39, 0.29) is 11.6 Å². The number of nitrogens with one attached hydrogen (secondary N) is 1. The first kappa shape index (κ1) is 17.3. The molecule has 0 unspecified atom stereocenters. The molecular weight excluding hydrogens is 342 g/mol. The first-order valence-electron chi connectivity index (χ1n) is 9.26. The molecule has 7 nitrogen and oxygen atoms in total. The summed E-state index contributed by atoms with van der Waals surface area (Å²) in [7, 11) is 1.68. The Morgan fingerprint density at radius 1 is 1.15 bits per heavy atom. The van der Waals surface area contributed by atoms with Crippen molar-refractivity contribution in [2.75, 3.05) is 13.1 Å². The molecule has 0 saturated carbocycles. The predicted molar refractivity (Wildman–Crippen MR) is 102 cm³/mol. The Balaban J connectivity index is 1.46. The van der Waals surface area contributed by atoms with Crippen molar-refractivity contribution in [1.82, 2.24) is 24.2 Å². The van der Waals surface area contributed by atoms with Gasteiger partial charge >= 0.3 is 5.69 Å². The van der Waals surface area contributed by atoms with Crippen LogP contribution in [0.5, 0.6) is 0 Å². The maximum Gasteiger partial charge on any atom is 0.350 e. The molecule has 0 radical (unpaired) electrons. The molecular formula is C20H23N5O2. The zero-order chi connectivity index (χ0) is 18.8. The molecule has 1 aliphatic heterocycles. The standard InChI is InChI=1S/C20H23N5O2/c1-23-20(27)25(16-6-3-2-4-7-16)18(22-23)14-15-9-12-24(13-10-15)19(26)17-8-5-11-21-17/h2-8,11,15,21H,9-10,12-14H2,1H3. The van der Waals surface area contributed by atoms with Crippen LogP contribution >= 0.6 is 0 Å². The van der Waals surface area contributed by atoms with E-state index >= 15 is 0 Å². The van der Waals surface area contributed by atoms with Gasteiger partial charge in [0.15, 0.2) is 0 Å². The molecule has 1 N–H and O–H groups in total. The third-order valence-corrected chi connectivity index (χ3v) is 5.21. The summed E-state index contributed by atoms with van der Waals surface area (Å²) in [5.41, 5.74) is 1.34. The average molecular weight is 365 g/mol. The third-order valence-electron chi connectivity index (χ3n) is 5.21. The van der Waals surface area contributed by atoms with Crippen molar-refractivity contribution in [1.29, 1.82) is 0 Å². The number of likely N-dealkylation sites (tertiary alicyclic amines) is 1. The SMILES string of the molecule is Cn1nc(CC2CCN(C(=O)c3ccc[nH]3)CC2)n(-c2ccccc2)c1=O. The number of nitrogens with zero attached hydrogens (tertiary/aromatic N) is 4. The highest BCUT2D eigenvalue weighted by Crippen LogP contribution is 2.22. The van der Waals surface area contributed by atoms with Gasteiger partial charge in [-0.2, -0.15) is 5.10 Å². The highest BCUT2D eigenvalue weighted by molar-refractivity contribution is 5.92. The second kappa shape index (κ2) is 7.26. The van der Waals surface area contributed by atoms with Gasteiger partial charge in [0.1, 0.15) is 11.5 Å². The van der Waals surface area contributed by atoms with E-state index in [1.54, 1.807) is 23.9 Å². The van der Waals surface area contributed by atoms with Gasteiger partial charge in [-0.15, -0.1) is 0 Å². The molecule has 27 heavy (non-hydrogen) atoms. The van der Waals surface area contributed by atoms with Crippen LogP contribution in [0.4, 0.5) is 0 Å². The van der Waals surface area contributed by atoms with Gasteiger partial charge in [0, 0.05) is 32.8 Å². The van der Waals surface area contributed by atoms with Gasteiger partial charge in [0.25, 0.3) is 5.91 Å². The van der Waals surface area contributed by atoms with Crippen molar-refractivity contribution in [3.05, 3.63) is 70.7 Å². The molecule has 1 fully saturated rings. The molecule has 3 heterocycles. The number of aromatic amines is 1. The highest BCUT2D eigenvalue weighted by Gasteiger charge is 2.26. The maximum atomic E-state index is 12.5. The molecule has 1 aliphatic rings. The summed E-state index contributed by atoms with van der Waals surface area (Å²) in [5, 5.41) is 4.46. The van der Waals surface area contributed by atoms with E-state index in [9.17, 15) is 9.59 Å². The number of aromatic nitrogens is 4. The summed E-state index contributed by atoms with van der Waals surface area (Å²) in [6.45, 7) is 1.45. The Labute approximate surface area is 157 Å². The van der Waals surface area contributed by atoms with Crippen molar-refractivity contribution < 1.29 is 4.79 Å². The lowest BCUT2D eigenvalue weighted by Crippen LogP contribution is -2.39. The fraction of sp³-hybridized carbons (Fsp3) is 0.350. The number of para-hydroxylation sites is 1. The lowest BCUT2D eigenvalue weighted by atomic mass is 9.93. The van der Waals surface area contributed by atoms with Crippen molar-refractivity contribution in [2.24, 2.45) is 13.0 Å². The van der Waals surface area contributed by atoms with E-state index in [1.165, 1.54) is 4.68 Å². The molecule has 140 valence electrons. The molecule has 4 rings (SSSR count). The normalized spacial score (nSPS) is 15.2. The average Bonchev–Trinajstić information content (AvgIpc) is 3.32. The van der Waals surface area contributed by atoms with Crippen LogP contribution in [0.2, 0.25) is 0 Å². The summed E-state index contributed by atoms with van der Waals surface area (Å²) in [5.74, 6) is 1.24. The summed E-state index contributed by atoms with van der Waals surface area (Å²) < 4.78 is 3.09. The molecule has 0 atom stereocenters. The molecule has 1 aromatic carbocycles. The number of benzene rings is 1. The Morgan fingerprint density at radius 2 is 1.89 bits per heavy atom. The van der Waals surface area contributed by atoms with Crippen LogP contribution in [-0.2, 0) is 13.5 Å². The van der Waals surface area contributed by atoms with Crippen molar-refractivity contribution >= 4 is 5.91 Å². The predicted octanol–water partition coefficient (Wildman–Crippen LogP) is 1.99. The number of aryl methyl sites for hydroxylation is 1. The van der Waals surface area contributed by atoms with Crippen molar-refractivity contribution in [3.63, 3.8) is 0 Å². The van der Waals surface area contributed by atoms with Gasteiger partial charge in [0.2, 0.25) is 0 Å². The number of carbonyl (C=O) groups excluding carboxylic acids is 1. The van der Waals surface area contributed by atoms with Crippen LogP contribution in [0.25, 0.3) is 5.69 Å². The lowest BCUT2D eigenvalue weighted by molar-refractivity contribution is 0.0684. The molecule has 1 amide bonds. The Kier molecular flexibility index (Phi) is 4.66. The summed E-state index contributed by atoms with van der Waals surface area (Å²) in [4.78, 5) is 29.8. The smallest absolute Gasteiger partial charge is 0.350 e. The second-order valence-corrected chi connectivity index (χ2v) is 7.02. The third kappa shape index (κ3) is 3.45. The number of hydrogen-bond acceptors (Lipinski definition) is 3. The Hall–Kier alpha value is -3.09. The molecule has 2 aromatic heterocycles. The van der Waals surface area contributed by atoms with E-state index in [4.69, 9.17) is 0 Å². The fourth-order valence-electron chi connectivity index (χ4n) is 3.72. The van der Waals surface area contributed by atoms with Crippen LogP contribution in [0, 0.1) is 5.92 Å². The number of hydrogen-bond donors (Lipinski definition) is 1. The highest BCUT2D eigenvalue weighted by atomic mass is 16.2.